The Kier molecular flexibility index (Phi) is 14.8. The van der Waals surface area contributed by atoms with Gasteiger partial charge in [-0.25, -0.2) is 18.2 Å². The zero-order valence-electron chi connectivity index (χ0n) is 22.5. The van der Waals surface area contributed by atoms with Crippen molar-refractivity contribution in [3.05, 3.63) is 86.6 Å². The summed E-state index contributed by atoms with van der Waals surface area (Å²) in [5, 5.41) is 26.2. The normalized spacial score (nSPS) is 15.7. The fourth-order valence-electron chi connectivity index (χ4n) is 3.35. The second-order valence-electron chi connectivity index (χ2n) is 9.38. The number of carboxylic acids is 1. The first-order valence-corrected chi connectivity index (χ1v) is 13.1. The van der Waals surface area contributed by atoms with Crippen molar-refractivity contribution in [3.63, 3.8) is 0 Å². The molecule has 3 aliphatic rings. The molecule has 3 aromatic rings. The molecular weight excluding hydrogens is 648 g/mol. The van der Waals surface area contributed by atoms with Crippen molar-refractivity contribution in [2.45, 2.75) is 49.4 Å². The molecule has 3 saturated carbocycles. The van der Waals surface area contributed by atoms with Crippen molar-refractivity contribution >= 4 is 40.8 Å². The standard InChI is InChI=1S/C9H6ClFN2.C9H7ClFNO2.C5H2ClF2N.C4H5N.Na.H2O/c10-6-3-7(11)8(13-4-6)9(5-12)1-2-9;10-5-3-6(11)7(12-4-5)9(1-2-9)8(13)14;6-3-1-4(7)5(8)9-2-3;5-3-4-1-2-4;;/h3-4H,1-2H2;3-4H,1-2H2,(H,13,14);1-2H;4H,1-2H2;;1H2/q;;;;+1;/p-1. The summed E-state index contributed by atoms with van der Waals surface area (Å²) in [6.45, 7) is 0. The molecule has 3 fully saturated rings. The molecule has 0 unspecified atom stereocenters. The molecule has 2 N–H and O–H groups in total. The third-order valence-corrected chi connectivity index (χ3v) is 6.79. The zero-order chi connectivity index (χ0) is 30.4. The van der Waals surface area contributed by atoms with Crippen molar-refractivity contribution in [3.8, 4) is 12.1 Å². The van der Waals surface area contributed by atoms with Crippen LogP contribution in [0.15, 0.2) is 36.8 Å². The summed E-state index contributed by atoms with van der Waals surface area (Å²) in [6, 6.07) is 7.37. The topological polar surface area (TPSA) is 154 Å². The Morgan fingerprint density at radius 1 is 0.814 bits per heavy atom. The number of carboxylic acid groups (broad SMARTS) is 1. The van der Waals surface area contributed by atoms with E-state index in [4.69, 9.17) is 50.4 Å². The summed E-state index contributed by atoms with van der Waals surface area (Å²) in [7, 11) is 0. The van der Waals surface area contributed by atoms with Crippen molar-refractivity contribution in [2.75, 3.05) is 0 Å². The summed E-state index contributed by atoms with van der Waals surface area (Å²) >= 11 is 16.3. The number of hydrogen-bond donors (Lipinski definition) is 1. The van der Waals surface area contributed by atoms with Gasteiger partial charge in [0.15, 0.2) is 5.82 Å². The van der Waals surface area contributed by atoms with E-state index >= 15 is 0 Å². The van der Waals surface area contributed by atoms with Crippen LogP contribution >= 0.6 is 34.8 Å². The Morgan fingerprint density at radius 2 is 1.26 bits per heavy atom. The van der Waals surface area contributed by atoms with Crippen molar-refractivity contribution in [1.82, 2.24) is 15.0 Å². The Morgan fingerprint density at radius 3 is 1.53 bits per heavy atom. The molecule has 0 spiro atoms. The Hall–Kier alpha value is -2.55. The second kappa shape index (κ2) is 16.5. The molecule has 0 amide bonds. The predicted octanol–water partition coefficient (Wildman–Crippen LogP) is 4.18. The number of carbonyl (C=O) groups is 1. The summed E-state index contributed by atoms with van der Waals surface area (Å²) in [4.78, 5) is 21.5. The van der Waals surface area contributed by atoms with Gasteiger partial charge < -0.3 is 10.6 Å². The van der Waals surface area contributed by atoms with Gasteiger partial charge in [-0.3, -0.25) is 14.8 Å². The van der Waals surface area contributed by atoms with E-state index < -0.39 is 40.2 Å². The monoisotopic (exact) mass is 667 g/mol. The fourth-order valence-corrected chi connectivity index (χ4v) is 3.78. The third kappa shape index (κ3) is 10.5. The van der Waals surface area contributed by atoms with Gasteiger partial charge in [-0.1, -0.05) is 34.8 Å². The van der Waals surface area contributed by atoms with E-state index in [0.29, 0.717) is 31.6 Å². The smallest absolute Gasteiger partial charge is 0.870 e. The molecule has 0 atom stereocenters. The van der Waals surface area contributed by atoms with Gasteiger partial charge in [-0.15, -0.1) is 0 Å². The minimum absolute atomic E-state index is 0. The first-order valence-electron chi connectivity index (χ1n) is 12.0. The molecular formula is C27H21Cl3F4N5NaO3. The maximum absolute atomic E-state index is 13.3. The molecule has 0 aromatic carbocycles. The molecule has 0 saturated heterocycles. The minimum Gasteiger partial charge on any atom is -0.870 e. The quantitative estimate of drug-likeness (QED) is 0.248. The molecule has 222 valence electrons. The van der Waals surface area contributed by atoms with Crippen LogP contribution in [0.2, 0.25) is 15.1 Å². The number of rotatable bonds is 3. The first kappa shape index (κ1) is 38.5. The number of hydrogen-bond acceptors (Lipinski definition) is 7. The van der Waals surface area contributed by atoms with Gasteiger partial charge in [0.05, 0.1) is 38.6 Å². The van der Waals surface area contributed by atoms with Crippen LogP contribution in [0, 0.1) is 52.0 Å². The summed E-state index contributed by atoms with van der Waals surface area (Å²) in [5.74, 6) is -3.85. The predicted molar refractivity (Wildman–Crippen MR) is 143 cm³/mol. The van der Waals surface area contributed by atoms with E-state index in [-0.39, 0.29) is 61.5 Å². The van der Waals surface area contributed by atoms with Crippen molar-refractivity contribution in [2.24, 2.45) is 5.92 Å². The number of aliphatic carboxylic acids is 1. The van der Waals surface area contributed by atoms with E-state index in [0.717, 1.165) is 31.2 Å². The Bertz CT molecular complexity index is 1530. The number of halogens is 7. The number of nitriles is 2. The van der Waals surface area contributed by atoms with Crippen LogP contribution in [0.4, 0.5) is 17.6 Å². The Balaban J connectivity index is 0.000000297. The minimum atomic E-state index is -1.13. The molecule has 6 rings (SSSR count). The van der Waals surface area contributed by atoms with E-state index in [9.17, 15) is 22.4 Å². The molecule has 3 heterocycles. The zero-order valence-corrected chi connectivity index (χ0v) is 26.7. The van der Waals surface area contributed by atoms with Gasteiger partial charge in [0.1, 0.15) is 22.5 Å². The summed E-state index contributed by atoms with van der Waals surface area (Å²) in [5.41, 5.74) is -1.54. The van der Waals surface area contributed by atoms with E-state index in [1.54, 1.807) is 0 Å². The Labute approximate surface area is 281 Å². The average Bonchev–Trinajstić information content (AvgIpc) is 3.79. The first-order chi connectivity index (χ1) is 19.4. The summed E-state index contributed by atoms with van der Waals surface area (Å²) in [6.07, 6.45) is 8.24. The van der Waals surface area contributed by atoms with Gasteiger partial charge in [-0.2, -0.15) is 14.9 Å². The maximum atomic E-state index is 13.3. The van der Waals surface area contributed by atoms with Gasteiger partial charge >= 0.3 is 35.5 Å². The van der Waals surface area contributed by atoms with Crippen molar-refractivity contribution < 1.29 is 62.5 Å². The van der Waals surface area contributed by atoms with Crippen LogP contribution in [0.1, 0.15) is 49.9 Å². The summed E-state index contributed by atoms with van der Waals surface area (Å²) < 4.78 is 50.6. The van der Waals surface area contributed by atoms with E-state index in [1.165, 1.54) is 18.5 Å². The maximum Gasteiger partial charge on any atom is 1.00 e. The van der Waals surface area contributed by atoms with Crippen LogP contribution in [0.25, 0.3) is 0 Å². The van der Waals surface area contributed by atoms with Gasteiger partial charge in [0, 0.05) is 24.5 Å². The molecule has 3 aromatic heterocycles. The van der Waals surface area contributed by atoms with Crippen LogP contribution in [-0.2, 0) is 15.6 Å². The van der Waals surface area contributed by atoms with E-state index in [2.05, 4.69) is 27.1 Å². The second-order valence-corrected chi connectivity index (χ2v) is 10.7. The largest absolute Gasteiger partial charge is 1.00 e. The van der Waals surface area contributed by atoms with Gasteiger partial charge in [0.25, 0.3) is 0 Å². The van der Waals surface area contributed by atoms with Crippen LogP contribution in [-0.4, -0.2) is 31.5 Å². The average molecular weight is 669 g/mol. The molecule has 43 heavy (non-hydrogen) atoms. The molecule has 0 bridgehead atoms. The van der Waals surface area contributed by atoms with Crippen LogP contribution in [0.5, 0.6) is 0 Å². The molecule has 0 aliphatic heterocycles. The van der Waals surface area contributed by atoms with Gasteiger partial charge in [0.2, 0.25) is 5.95 Å². The number of aromatic nitrogens is 3. The number of pyridine rings is 3. The molecule has 0 radical (unpaired) electrons. The van der Waals surface area contributed by atoms with Crippen LogP contribution in [0.3, 0.4) is 0 Å². The number of nitrogens with zero attached hydrogens (tertiary/aromatic N) is 5. The molecule has 8 nitrogen and oxygen atoms in total. The van der Waals surface area contributed by atoms with Crippen LogP contribution < -0.4 is 29.6 Å². The SMILES string of the molecule is Fc1cc(Cl)cnc1F.N#CC1(c2ncc(Cl)cc2F)CC1.N#CC1CC1.O=C(O)C1(c2ncc(Cl)cc2F)CC1.[Na+].[OH-]. The van der Waals surface area contributed by atoms with E-state index in [1.807, 2.05) is 0 Å². The van der Waals surface area contributed by atoms with Crippen molar-refractivity contribution in [1.29, 1.82) is 10.5 Å². The third-order valence-electron chi connectivity index (χ3n) is 6.17. The molecule has 3 aliphatic carbocycles. The fraction of sp³-hybridized carbons (Fsp3) is 0.333. The molecule has 16 heteroatoms. The van der Waals surface area contributed by atoms with Gasteiger partial charge in [-0.05, 0) is 56.7 Å².